The van der Waals surface area contributed by atoms with Crippen LogP contribution < -0.4 is 5.43 Å². The minimum Gasteiger partial charge on any atom is -0.292 e. The Kier molecular flexibility index (Phi) is 6.53. The highest BCUT2D eigenvalue weighted by Gasteiger charge is 2.25. The molecular weight excluding hydrogens is 343 g/mol. The minimum atomic E-state index is -0.554. The lowest BCUT2D eigenvalue weighted by molar-refractivity contribution is -0.384. The molecule has 1 aromatic carbocycles. The van der Waals surface area contributed by atoms with Gasteiger partial charge in [-0.2, -0.15) is 5.10 Å². The summed E-state index contributed by atoms with van der Waals surface area (Å²) >= 11 is 11.2. The van der Waals surface area contributed by atoms with Gasteiger partial charge in [0.05, 0.1) is 11.1 Å². The van der Waals surface area contributed by atoms with Gasteiger partial charge in [-0.3, -0.25) is 15.0 Å². The summed E-state index contributed by atoms with van der Waals surface area (Å²) in [5.74, 6) is 0. The number of nitro benzene ring substituents is 1. The van der Waals surface area contributed by atoms with Crippen molar-refractivity contribution in [3.8, 4) is 0 Å². The highest BCUT2D eigenvalue weighted by Crippen LogP contribution is 2.18. The minimum absolute atomic E-state index is 0.0213. The van der Waals surface area contributed by atoms with Crippen molar-refractivity contribution in [1.82, 2.24) is 10.3 Å². The molecule has 0 aromatic heterocycles. The molecular formula is C14H16Cl2N4O3. The van der Waals surface area contributed by atoms with E-state index in [0.29, 0.717) is 5.56 Å². The summed E-state index contributed by atoms with van der Waals surface area (Å²) in [6, 6.07) is 5.21. The number of hydrogen-bond acceptors (Lipinski definition) is 4. The molecule has 124 valence electrons. The maximum Gasteiger partial charge on any atom is 0.342 e. The quantitative estimate of drug-likeness (QED) is 0.500. The number of non-ortho nitro benzene ring substituents is 1. The average molecular weight is 359 g/mol. The van der Waals surface area contributed by atoms with Crippen LogP contribution in [-0.4, -0.2) is 27.6 Å². The number of nitrogens with one attached hydrogen (secondary N) is 1. The molecule has 0 aliphatic carbocycles. The predicted molar refractivity (Wildman–Crippen MR) is 90.6 cm³/mol. The highest BCUT2D eigenvalue weighted by molar-refractivity contribution is 6.55. The van der Waals surface area contributed by atoms with Gasteiger partial charge in [-0.25, -0.2) is 10.2 Å². The first-order valence-corrected chi connectivity index (χ1v) is 7.26. The normalized spacial score (nSPS) is 11.2. The third-order valence-electron chi connectivity index (χ3n) is 2.65. The number of hydrazone groups is 1. The molecule has 0 atom stereocenters. The Morgan fingerprint density at radius 2 is 1.87 bits per heavy atom. The summed E-state index contributed by atoms with van der Waals surface area (Å²) in [6.07, 6.45) is 2.66. The summed E-state index contributed by atoms with van der Waals surface area (Å²) in [6.45, 7) is 5.42. The van der Waals surface area contributed by atoms with Gasteiger partial charge in [0.15, 0.2) is 0 Å². The maximum atomic E-state index is 12.1. The summed E-state index contributed by atoms with van der Waals surface area (Å²) in [5.41, 5.74) is 2.37. The predicted octanol–water partition coefficient (Wildman–Crippen LogP) is 4.02. The van der Waals surface area contributed by atoms with Crippen LogP contribution in [0.3, 0.4) is 0 Å². The van der Waals surface area contributed by atoms with E-state index >= 15 is 0 Å². The van der Waals surface area contributed by atoms with Crippen LogP contribution in [0, 0.1) is 10.1 Å². The van der Waals surface area contributed by atoms with E-state index in [-0.39, 0.29) is 10.2 Å². The van der Waals surface area contributed by atoms with E-state index < -0.39 is 16.5 Å². The van der Waals surface area contributed by atoms with Gasteiger partial charge >= 0.3 is 6.03 Å². The van der Waals surface area contributed by atoms with Crippen LogP contribution in [0.4, 0.5) is 10.5 Å². The van der Waals surface area contributed by atoms with Crippen LogP contribution in [0.2, 0.25) is 0 Å². The van der Waals surface area contributed by atoms with Crippen molar-refractivity contribution >= 4 is 41.1 Å². The molecule has 0 radical (unpaired) electrons. The van der Waals surface area contributed by atoms with Gasteiger partial charge in [0, 0.05) is 23.9 Å². The van der Waals surface area contributed by atoms with E-state index in [9.17, 15) is 14.9 Å². The molecule has 0 saturated carbocycles. The Bertz CT molecular complexity index is 632. The van der Waals surface area contributed by atoms with Crippen molar-refractivity contribution in [2.75, 3.05) is 0 Å². The van der Waals surface area contributed by atoms with E-state index in [1.54, 1.807) is 20.8 Å². The van der Waals surface area contributed by atoms with Crippen molar-refractivity contribution in [2.45, 2.75) is 26.3 Å². The number of halogens is 2. The van der Waals surface area contributed by atoms with Gasteiger partial charge < -0.3 is 0 Å². The lowest BCUT2D eigenvalue weighted by Gasteiger charge is -2.31. The summed E-state index contributed by atoms with van der Waals surface area (Å²) in [7, 11) is 0. The Balaban J connectivity index is 2.77. The number of nitrogens with zero attached hydrogens (tertiary/aromatic N) is 3. The van der Waals surface area contributed by atoms with Crippen LogP contribution in [-0.2, 0) is 0 Å². The number of amides is 2. The zero-order valence-electron chi connectivity index (χ0n) is 12.8. The molecule has 1 N–H and O–H groups in total. The molecule has 0 heterocycles. The van der Waals surface area contributed by atoms with E-state index in [0.717, 1.165) is 0 Å². The lowest BCUT2D eigenvalue weighted by atomic mass is 10.1. The molecule has 1 aromatic rings. The largest absolute Gasteiger partial charge is 0.342 e. The molecule has 0 aliphatic rings. The number of carbonyl (C=O) groups excluding carboxylic acids is 1. The molecule has 23 heavy (non-hydrogen) atoms. The average Bonchev–Trinajstić information content (AvgIpc) is 2.43. The van der Waals surface area contributed by atoms with Crippen molar-refractivity contribution in [2.24, 2.45) is 5.10 Å². The van der Waals surface area contributed by atoms with Crippen LogP contribution >= 0.6 is 23.2 Å². The topological polar surface area (TPSA) is 87.8 Å². The Morgan fingerprint density at radius 1 is 1.30 bits per heavy atom. The molecule has 0 fully saturated rings. The maximum absolute atomic E-state index is 12.1. The molecule has 0 unspecified atom stereocenters. The highest BCUT2D eigenvalue weighted by atomic mass is 35.5. The zero-order chi connectivity index (χ0) is 17.6. The van der Waals surface area contributed by atoms with Crippen molar-refractivity contribution in [3.63, 3.8) is 0 Å². The molecule has 0 saturated heterocycles. The molecule has 1 rings (SSSR count). The van der Waals surface area contributed by atoms with Crippen LogP contribution in [0.25, 0.3) is 0 Å². The first-order valence-electron chi connectivity index (χ1n) is 6.51. The molecule has 7 nitrogen and oxygen atoms in total. The number of nitro groups is 1. The molecule has 0 bridgehead atoms. The smallest absolute Gasteiger partial charge is 0.292 e. The van der Waals surface area contributed by atoms with Gasteiger partial charge in [-0.15, -0.1) is 0 Å². The fourth-order valence-electron chi connectivity index (χ4n) is 1.55. The van der Waals surface area contributed by atoms with Crippen molar-refractivity contribution in [1.29, 1.82) is 0 Å². The number of carbonyl (C=O) groups is 1. The third kappa shape index (κ3) is 6.25. The first-order chi connectivity index (χ1) is 10.6. The van der Waals surface area contributed by atoms with E-state index in [2.05, 4.69) is 10.5 Å². The SMILES string of the molecule is CC(C)(C)N(C=C(Cl)Cl)C(=O)N/N=C/c1ccc([N+](=O)[O-])cc1. The van der Waals surface area contributed by atoms with Gasteiger partial charge in [0.25, 0.3) is 5.69 Å². The van der Waals surface area contributed by atoms with E-state index in [1.165, 1.54) is 41.6 Å². The molecule has 9 heteroatoms. The monoisotopic (exact) mass is 358 g/mol. The second-order valence-corrected chi connectivity index (χ2v) is 6.49. The van der Waals surface area contributed by atoms with Crippen LogP contribution in [0.15, 0.2) is 40.1 Å². The fourth-order valence-corrected chi connectivity index (χ4v) is 1.75. The van der Waals surface area contributed by atoms with Crippen molar-refractivity contribution in [3.05, 3.63) is 50.6 Å². The Hall–Kier alpha value is -2.12. The zero-order valence-corrected chi connectivity index (χ0v) is 14.3. The van der Waals surface area contributed by atoms with Gasteiger partial charge in [-0.05, 0) is 38.5 Å². The van der Waals surface area contributed by atoms with Gasteiger partial charge in [0.2, 0.25) is 0 Å². The van der Waals surface area contributed by atoms with Crippen molar-refractivity contribution < 1.29 is 9.72 Å². The Morgan fingerprint density at radius 3 is 2.30 bits per heavy atom. The van der Waals surface area contributed by atoms with E-state index in [1.807, 2.05) is 0 Å². The molecule has 0 spiro atoms. The third-order valence-corrected chi connectivity index (χ3v) is 2.84. The molecule has 2 amide bonds. The standard InChI is InChI=1S/C14H16Cl2N4O3/c1-14(2,3)19(9-12(15)16)13(21)18-17-8-10-4-6-11(7-5-10)20(22)23/h4-9H,1-3H3,(H,18,21)/b17-8+. The second-order valence-electron chi connectivity index (χ2n) is 5.48. The number of urea groups is 1. The number of benzene rings is 1. The fraction of sp³-hybridized carbons (Fsp3) is 0.286. The van der Waals surface area contributed by atoms with E-state index in [4.69, 9.17) is 23.2 Å². The summed E-state index contributed by atoms with van der Waals surface area (Å²) < 4.78 is -0.0607. The molecule has 0 aliphatic heterocycles. The van der Waals surface area contributed by atoms with Gasteiger partial charge in [-0.1, -0.05) is 23.2 Å². The summed E-state index contributed by atoms with van der Waals surface area (Å²) in [4.78, 5) is 23.5. The number of hydrogen-bond donors (Lipinski definition) is 1. The van der Waals surface area contributed by atoms with Crippen LogP contribution in [0.1, 0.15) is 26.3 Å². The first kappa shape index (κ1) is 18.9. The summed E-state index contributed by atoms with van der Waals surface area (Å²) in [5, 5.41) is 14.4. The second kappa shape index (κ2) is 7.94. The van der Waals surface area contributed by atoms with Gasteiger partial charge in [0.1, 0.15) is 4.49 Å². The van der Waals surface area contributed by atoms with Crippen LogP contribution in [0.5, 0.6) is 0 Å². The number of rotatable bonds is 4. The Labute approximate surface area is 143 Å². The lowest BCUT2D eigenvalue weighted by Crippen LogP contribution is -2.45.